The Labute approximate surface area is 183 Å². The third kappa shape index (κ3) is 4.08. The van der Waals surface area contributed by atoms with Gasteiger partial charge >= 0.3 is 5.91 Å². The number of nitrogens with zero attached hydrogens (tertiary/aromatic N) is 2. The number of benzene rings is 2. The van der Waals surface area contributed by atoms with E-state index in [4.69, 9.17) is 9.94 Å². The summed E-state index contributed by atoms with van der Waals surface area (Å²) in [5.41, 5.74) is 1.76. The van der Waals surface area contributed by atoms with Gasteiger partial charge in [-0.3, -0.25) is 14.2 Å². The first-order valence-electron chi connectivity index (χ1n) is 9.52. The lowest BCUT2D eigenvalue weighted by molar-refractivity contribution is -0.131. The van der Waals surface area contributed by atoms with Crippen molar-refractivity contribution < 1.29 is 27.5 Å². The summed E-state index contributed by atoms with van der Waals surface area (Å²) in [6, 6.07) is 9.69. The summed E-state index contributed by atoms with van der Waals surface area (Å²) in [6.45, 7) is 1.02. The van der Waals surface area contributed by atoms with Gasteiger partial charge in [-0.15, -0.1) is 5.48 Å². The molecule has 2 aromatic carbocycles. The van der Waals surface area contributed by atoms with Crippen LogP contribution in [0.25, 0.3) is 22.0 Å². The minimum atomic E-state index is -3.89. The predicted octanol–water partition coefficient (Wildman–Crippen LogP) is 1.16. The molecule has 32 heavy (non-hydrogen) atoms. The molecule has 0 aliphatic heterocycles. The average molecular weight is 464 g/mol. The zero-order chi connectivity index (χ0) is 23.7. The molecular formula is C21H23FN3O6S+. The molecule has 3 N–H and O–H groups in total. The van der Waals surface area contributed by atoms with Crippen molar-refractivity contribution in [1.82, 2.24) is 15.0 Å². The van der Waals surface area contributed by atoms with Gasteiger partial charge in [-0.05, 0) is 37.1 Å². The molecule has 1 aromatic heterocycles. The lowest BCUT2D eigenvalue weighted by Gasteiger charge is -2.24. The van der Waals surface area contributed by atoms with Crippen molar-refractivity contribution in [2.24, 2.45) is 0 Å². The summed E-state index contributed by atoms with van der Waals surface area (Å²) in [7, 11) is -2.36. The summed E-state index contributed by atoms with van der Waals surface area (Å²) in [6.07, 6.45) is 1.74. The fraction of sp³-hybridized carbons (Fsp3) is 0.286. The first-order chi connectivity index (χ1) is 15.0. The fourth-order valence-electron chi connectivity index (χ4n) is 3.28. The van der Waals surface area contributed by atoms with Gasteiger partial charge in [-0.1, -0.05) is 18.2 Å². The Balaban J connectivity index is 1.99. The van der Waals surface area contributed by atoms with Gasteiger partial charge in [0.25, 0.3) is 5.56 Å². The second kappa shape index (κ2) is 8.67. The maximum Gasteiger partial charge on any atom is 0.304 e. The Bertz CT molecular complexity index is 1340. The lowest BCUT2D eigenvalue weighted by atomic mass is 10.0. The number of nitrogens with one attached hydrogen (secondary N) is 1. The Morgan fingerprint density at radius 3 is 2.47 bits per heavy atom. The number of carbonyl (C=O) groups is 1. The maximum atomic E-state index is 15.1. The smallest absolute Gasteiger partial charge is 0.304 e. The second-order valence-corrected chi connectivity index (χ2v) is 9.95. The Morgan fingerprint density at radius 1 is 1.25 bits per heavy atom. The van der Waals surface area contributed by atoms with Crippen molar-refractivity contribution in [1.29, 1.82) is 0 Å². The predicted molar refractivity (Wildman–Crippen MR) is 118 cm³/mol. The third-order valence-electron chi connectivity index (χ3n) is 5.58. The number of carbonyl (C=O) groups excluding carboxylic acids is 1. The van der Waals surface area contributed by atoms with E-state index in [1.54, 1.807) is 29.7 Å². The molecule has 0 unspecified atom stereocenters. The number of aromatic nitrogens is 2. The Hall–Kier alpha value is -3.31. The van der Waals surface area contributed by atoms with E-state index < -0.39 is 31.9 Å². The monoisotopic (exact) mass is 464 g/mol. The van der Waals surface area contributed by atoms with Gasteiger partial charge in [0.1, 0.15) is 11.3 Å². The number of amides is 1. The highest BCUT2D eigenvalue weighted by atomic mass is 32.2. The SMILES string of the molecule is COc1ccc(-c2ccc3c(=O)n(CC[C@](C)(C(=O)N[OH2+])S(C)(=O)=O)cnc3c2F)cc1. The number of halogens is 1. The van der Waals surface area contributed by atoms with Gasteiger partial charge in [-0.2, -0.15) is 0 Å². The van der Waals surface area contributed by atoms with Crippen LogP contribution >= 0.6 is 0 Å². The molecule has 3 aromatic rings. The molecule has 170 valence electrons. The van der Waals surface area contributed by atoms with Crippen LogP contribution in [0.2, 0.25) is 0 Å². The van der Waals surface area contributed by atoms with Crippen LogP contribution < -0.4 is 15.8 Å². The number of hydroxylamine groups is 1. The molecule has 11 heteroatoms. The van der Waals surface area contributed by atoms with Crippen molar-refractivity contribution in [3.8, 4) is 16.9 Å². The molecule has 1 atom stereocenters. The zero-order valence-corrected chi connectivity index (χ0v) is 18.5. The molecule has 1 amide bonds. The maximum absolute atomic E-state index is 15.1. The number of methoxy groups -OCH3 is 1. The van der Waals surface area contributed by atoms with Crippen LogP contribution in [0.5, 0.6) is 5.75 Å². The summed E-state index contributed by atoms with van der Waals surface area (Å²) in [5.74, 6) is -1.04. The van der Waals surface area contributed by atoms with E-state index >= 15 is 4.39 Å². The summed E-state index contributed by atoms with van der Waals surface area (Å²) < 4.78 is 43.7. The normalized spacial score (nSPS) is 13.5. The number of rotatable bonds is 7. The molecule has 3 rings (SSSR count). The van der Waals surface area contributed by atoms with E-state index in [1.165, 1.54) is 26.2 Å². The number of sulfone groups is 1. The van der Waals surface area contributed by atoms with E-state index in [0.29, 0.717) is 11.3 Å². The van der Waals surface area contributed by atoms with Gasteiger partial charge in [0.05, 0.1) is 18.8 Å². The third-order valence-corrected chi connectivity index (χ3v) is 7.60. The quantitative estimate of drug-likeness (QED) is 0.413. The van der Waals surface area contributed by atoms with Gasteiger partial charge in [0.2, 0.25) is 0 Å². The number of ether oxygens (including phenoxy) is 1. The number of hydrogen-bond acceptors (Lipinski definition) is 6. The van der Waals surface area contributed by atoms with Crippen LogP contribution in [0.4, 0.5) is 4.39 Å². The van der Waals surface area contributed by atoms with E-state index in [2.05, 4.69) is 4.98 Å². The van der Waals surface area contributed by atoms with Crippen LogP contribution in [0.15, 0.2) is 47.5 Å². The Morgan fingerprint density at radius 2 is 1.91 bits per heavy atom. The highest BCUT2D eigenvalue weighted by molar-refractivity contribution is 7.92. The summed E-state index contributed by atoms with van der Waals surface area (Å²) in [4.78, 5) is 29.0. The minimum absolute atomic E-state index is 0.0215. The van der Waals surface area contributed by atoms with Crippen LogP contribution in [-0.4, -0.2) is 47.2 Å². The average Bonchev–Trinajstić information content (AvgIpc) is 2.77. The van der Waals surface area contributed by atoms with Gasteiger partial charge in [-0.25, -0.2) is 17.8 Å². The minimum Gasteiger partial charge on any atom is -0.497 e. The van der Waals surface area contributed by atoms with Crippen molar-refractivity contribution >= 4 is 26.6 Å². The van der Waals surface area contributed by atoms with E-state index in [1.807, 2.05) is 0 Å². The zero-order valence-electron chi connectivity index (χ0n) is 17.7. The van der Waals surface area contributed by atoms with Crippen molar-refractivity contribution in [3.05, 3.63) is 58.9 Å². The number of hydrogen-bond donors (Lipinski definition) is 1. The van der Waals surface area contributed by atoms with E-state index in [-0.39, 0.29) is 29.4 Å². The van der Waals surface area contributed by atoms with Crippen LogP contribution in [-0.2, 0) is 21.2 Å². The number of aryl methyl sites for hydroxylation is 1. The van der Waals surface area contributed by atoms with Crippen LogP contribution in [0.1, 0.15) is 13.3 Å². The standard InChI is InChI=1S/C21H22FN3O6S/c1-21(20(27)24-28,32(3,29)30)10-11-25-12-23-18-16(19(25)26)9-8-15(17(18)22)13-4-6-14(31-2)7-5-13/h4-9,12,28H,10-11H2,1-3H3,(H,24,27)/p+1/t21-/m1/s1. The van der Waals surface area contributed by atoms with Crippen LogP contribution in [0, 0.1) is 5.82 Å². The van der Waals surface area contributed by atoms with Gasteiger partial charge in [0, 0.05) is 18.4 Å². The van der Waals surface area contributed by atoms with Crippen LogP contribution in [0.3, 0.4) is 0 Å². The van der Waals surface area contributed by atoms with Crippen molar-refractivity contribution in [2.75, 3.05) is 13.4 Å². The molecule has 0 radical (unpaired) electrons. The fourth-order valence-corrected chi connectivity index (χ4v) is 4.13. The molecule has 1 heterocycles. The molecular weight excluding hydrogens is 441 g/mol. The Kier molecular flexibility index (Phi) is 6.33. The molecule has 0 saturated carbocycles. The highest BCUT2D eigenvalue weighted by Gasteiger charge is 2.44. The van der Waals surface area contributed by atoms with Gasteiger partial charge < -0.3 is 9.94 Å². The van der Waals surface area contributed by atoms with Crippen molar-refractivity contribution in [2.45, 2.75) is 24.6 Å². The second-order valence-electron chi connectivity index (χ2n) is 7.50. The molecule has 0 aliphatic rings. The van der Waals surface area contributed by atoms with Crippen molar-refractivity contribution in [3.63, 3.8) is 0 Å². The molecule has 0 spiro atoms. The lowest BCUT2D eigenvalue weighted by Crippen LogP contribution is -2.50. The molecule has 0 aliphatic carbocycles. The summed E-state index contributed by atoms with van der Waals surface area (Å²) in [5, 5.41) is 7.04. The molecule has 0 saturated heterocycles. The highest BCUT2D eigenvalue weighted by Crippen LogP contribution is 2.28. The molecule has 0 bridgehead atoms. The van der Waals surface area contributed by atoms with Gasteiger partial charge in [0.15, 0.2) is 20.4 Å². The molecule has 9 nitrogen and oxygen atoms in total. The first kappa shape index (κ1) is 23.4. The first-order valence-corrected chi connectivity index (χ1v) is 11.4. The van der Waals surface area contributed by atoms with E-state index in [0.717, 1.165) is 17.2 Å². The summed E-state index contributed by atoms with van der Waals surface area (Å²) >= 11 is 0. The largest absolute Gasteiger partial charge is 0.497 e. The number of fused-ring (bicyclic) bond motifs is 1. The molecule has 0 fully saturated rings. The van der Waals surface area contributed by atoms with E-state index in [9.17, 15) is 18.0 Å². The topological polar surface area (TPSA) is 130 Å².